The number of nitrogens with zero attached hydrogens (tertiary/aromatic N) is 4. The molecule has 2 heterocycles. The summed E-state index contributed by atoms with van der Waals surface area (Å²) in [6, 6.07) is 0. The summed E-state index contributed by atoms with van der Waals surface area (Å²) in [5.41, 5.74) is 0.959. The van der Waals surface area contributed by atoms with Crippen LogP contribution < -0.4 is 5.56 Å². The maximum Gasteiger partial charge on any atom is 0.280 e. The highest BCUT2D eigenvalue weighted by Gasteiger charge is 2.27. The lowest BCUT2D eigenvalue weighted by molar-refractivity contribution is 0.255. The van der Waals surface area contributed by atoms with E-state index in [1.54, 1.807) is 21.8 Å². The zero-order valence-electron chi connectivity index (χ0n) is 12.2. The van der Waals surface area contributed by atoms with Crippen LogP contribution in [-0.4, -0.2) is 19.1 Å². The average molecular weight is 262 g/mol. The van der Waals surface area contributed by atoms with E-state index < -0.39 is 0 Å². The molecule has 0 saturated heterocycles. The van der Waals surface area contributed by atoms with Gasteiger partial charge in [-0.2, -0.15) is 0 Å². The molecule has 19 heavy (non-hydrogen) atoms. The fourth-order valence-electron chi connectivity index (χ4n) is 2.87. The van der Waals surface area contributed by atoms with Crippen molar-refractivity contribution >= 4 is 11.2 Å². The van der Waals surface area contributed by atoms with Crippen LogP contribution in [0.25, 0.3) is 11.2 Å². The number of hydrogen-bond donors (Lipinski definition) is 0. The van der Waals surface area contributed by atoms with Gasteiger partial charge in [0.25, 0.3) is 5.56 Å². The van der Waals surface area contributed by atoms with Gasteiger partial charge in [-0.1, -0.05) is 26.7 Å². The van der Waals surface area contributed by atoms with E-state index in [-0.39, 0.29) is 11.1 Å². The third-order valence-electron chi connectivity index (χ3n) is 3.79. The third-order valence-corrected chi connectivity index (χ3v) is 3.79. The Kier molecular flexibility index (Phi) is 3.73. The molecule has 0 spiro atoms. The number of aryl methyl sites for hydroxylation is 1. The lowest BCUT2D eigenvalue weighted by Gasteiger charge is -2.31. The summed E-state index contributed by atoms with van der Waals surface area (Å²) in [4.78, 5) is 21.1. The minimum Gasteiger partial charge on any atom is -0.328 e. The van der Waals surface area contributed by atoms with Crippen molar-refractivity contribution in [2.45, 2.75) is 52.0 Å². The summed E-state index contributed by atoms with van der Waals surface area (Å²) >= 11 is 0. The largest absolute Gasteiger partial charge is 0.328 e. The van der Waals surface area contributed by atoms with Crippen LogP contribution in [-0.2, 0) is 12.6 Å². The Balaban J connectivity index is 2.63. The molecule has 0 aliphatic heterocycles. The normalized spacial score (nSPS) is 12.2. The molecule has 2 aromatic rings. The molecule has 0 saturated carbocycles. The van der Waals surface area contributed by atoms with Crippen LogP contribution >= 0.6 is 0 Å². The second kappa shape index (κ2) is 5.15. The first-order valence-corrected chi connectivity index (χ1v) is 6.92. The Morgan fingerprint density at radius 2 is 1.74 bits per heavy atom. The predicted molar refractivity (Wildman–Crippen MR) is 76.2 cm³/mol. The standard InChI is InChI=1S/C14H22N4O/c1-5-7-14(3,8-6-2)18-10-16-12-11(13(18)19)17(4)9-15-12/h9-10H,5-8H2,1-4H3. The molecular weight excluding hydrogens is 240 g/mol. The van der Waals surface area contributed by atoms with E-state index >= 15 is 0 Å². The summed E-state index contributed by atoms with van der Waals surface area (Å²) in [5, 5.41) is 0. The van der Waals surface area contributed by atoms with E-state index in [0.717, 1.165) is 25.7 Å². The van der Waals surface area contributed by atoms with Crippen LogP contribution in [0.15, 0.2) is 17.4 Å². The Labute approximate surface area is 113 Å². The first-order valence-electron chi connectivity index (χ1n) is 6.92. The van der Waals surface area contributed by atoms with E-state index in [9.17, 15) is 4.79 Å². The van der Waals surface area contributed by atoms with Crippen LogP contribution in [0.1, 0.15) is 46.5 Å². The highest BCUT2D eigenvalue weighted by Crippen LogP contribution is 2.26. The molecule has 5 nitrogen and oxygen atoms in total. The van der Waals surface area contributed by atoms with Crippen LogP contribution in [0.3, 0.4) is 0 Å². The van der Waals surface area contributed by atoms with E-state index in [4.69, 9.17) is 0 Å². The van der Waals surface area contributed by atoms with Gasteiger partial charge in [0.15, 0.2) is 11.2 Å². The molecule has 0 aliphatic rings. The van der Waals surface area contributed by atoms with Crippen molar-refractivity contribution in [1.82, 2.24) is 19.1 Å². The average Bonchev–Trinajstić information content (AvgIpc) is 2.72. The molecular formula is C14H22N4O. The molecule has 0 fully saturated rings. The Morgan fingerprint density at radius 3 is 2.32 bits per heavy atom. The molecule has 0 aliphatic carbocycles. The second-order valence-corrected chi connectivity index (χ2v) is 5.44. The van der Waals surface area contributed by atoms with Crippen molar-refractivity contribution in [1.29, 1.82) is 0 Å². The van der Waals surface area contributed by atoms with Gasteiger partial charge in [-0.3, -0.25) is 9.36 Å². The molecule has 0 N–H and O–H groups in total. The van der Waals surface area contributed by atoms with Crippen molar-refractivity contribution in [3.63, 3.8) is 0 Å². The molecule has 0 atom stereocenters. The van der Waals surface area contributed by atoms with Gasteiger partial charge in [0, 0.05) is 12.6 Å². The van der Waals surface area contributed by atoms with Crippen molar-refractivity contribution in [2.75, 3.05) is 0 Å². The van der Waals surface area contributed by atoms with Crippen LogP contribution in [0, 0.1) is 0 Å². The first-order chi connectivity index (χ1) is 9.03. The molecule has 0 unspecified atom stereocenters. The van der Waals surface area contributed by atoms with Crippen LogP contribution in [0.2, 0.25) is 0 Å². The molecule has 0 radical (unpaired) electrons. The SMILES string of the molecule is CCCC(C)(CCC)n1cnc2ncn(C)c2c1=O. The smallest absolute Gasteiger partial charge is 0.280 e. The summed E-state index contributed by atoms with van der Waals surface area (Å²) in [5.74, 6) is 0. The minimum atomic E-state index is -0.161. The topological polar surface area (TPSA) is 52.7 Å². The fourth-order valence-corrected chi connectivity index (χ4v) is 2.87. The highest BCUT2D eigenvalue weighted by molar-refractivity contribution is 5.68. The maximum absolute atomic E-state index is 12.7. The molecule has 5 heteroatoms. The summed E-state index contributed by atoms with van der Waals surface area (Å²) in [7, 11) is 1.83. The van der Waals surface area contributed by atoms with Crippen molar-refractivity contribution in [2.24, 2.45) is 7.05 Å². The van der Waals surface area contributed by atoms with Gasteiger partial charge >= 0.3 is 0 Å². The minimum absolute atomic E-state index is 0.00870. The lowest BCUT2D eigenvalue weighted by atomic mass is 9.90. The van der Waals surface area contributed by atoms with Gasteiger partial charge in [-0.15, -0.1) is 0 Å². The lowest BCUT2D eigenvalue weighted by Crippen LogP contribution is -2.39. The van der Waals surface area contributed by atoms with Crippen LogP contribution in [0.5, 0.6) is 0 Å². The first kappa shape index (κ1) is 13.8. The Bertz CT molecular complexity index is 620. The zero-order chi connectivity index (χ0) is 14.0. The highest BCUT2D eigenvalue weighted by atomic mass is 16.1. The van der Waals surface area contributed by atoms with E-state index in [2.05, 4.69) is 30.7 Å². The van der Waals surface area contributed by atoms with Crippen molar-refractivity contribution < 1.29 is 0 Å². The van der Waals surface area contributed by atoms with Crippen LogP contribution in [0.4, 0.5) is 0 Å². The van der Waals surface area contributed by atoms with E-state index in [0.29, 0.717) is 11.2 Å². The van der Waals surface area contributed by atoms with Gasteiger partial charge in [-0.05, 0) is 19.8 Å². The van der Waals surface area contributed by atoms with Crippen molar-refractivity contribution in [3.8, 4) is 0 Å². The number of imidazole rings is 1. The van der Waals surface area contributed by atoms with Gasteiger partial charge in [0.05, 0.1) is 6.33 Å². The van der Waals surface area contributed by atoms with Gasteiger partial charge in [-0.25, -0.2) is 9.97 Å². The van der Waals surface area contributed by atoms with Gasteiger partial charge in [0.2, 0.25) is 0 Å². The molecule has 104 valence electrons. The zero-order valence-corrected chi connectivity index (χ0v) is 12.2. The number of aromatic nitrogens is 4. The molecule has 0 bridgehead atoms. The van der Waals surface area contributed by atoms with E-state index in [1.807, 2.05) is 7.05 Å². The Morgan fingerprint density at radius 1 is 1.16 bits per heavy atom. The second-order valence-electron chi connectivity index (χ2n) is 5.44. The summed E-state index contributed by atoms with van der Waals surface area (Å²) in [6.45, 7) is 6.44. The van der Waals surface area contributed by atoms with Gasteiger partial charge < -0.3 is 4.57 Å². The maximum atomic E-state index is 12.7. The number of fused-ring (bicyclic) bond motifs is 1. The predicted octanol–water partition coefficient (Wildman–Crippen LogP) is 2.45. The number of rotatable bonds is 5. The molecule has 0 amide bonds. The quantitative estimate of drug-likeness (QED) is 0.831. The molecule has 2 rings (SSSR count). The number of hydrogen-bond acceptors (Lipinski definition) is 3. The molecule has 0 aromatic carbocycles. The summed E-state index contributed by atoms with van der Waals surface area (Å²) in [6.07, 6.45) is 7.35. The Hall–Kier alpha value is -1.65. The third kappa shape index (κ3) is 2.29. The van der Waals surface area contributed by atoms with Gasteiger partial charge in [0.1, 0.15) is 6.33 Å². The van der Waals surface area contributed by atoms with Crippen molar-refractivity contribution in [3.05, 3.63) is 23.0 Å². The fraction of sp³-hybridized carbons (Fsp3) is 0.643. The molecule has 2 aromatic heterocycles. The van der Waals surface area contributed by atoms with E-state index in [1.165, 1.54) is 0 Å². The summed E-state index contributed by atoms with van der Waals surface area (Å²) < 4.78 is 3.55. The monoisotopic (exact) mass is 262 g/mol.